The Morgan fingerprint density at radius 3 is 2.44 bits per heavy atom. The Balaban J connectivity index is 1.96. The molecule has 18 heavy (non-hydrogen) atoms. The van der Waals surface area contributed by atoms with Gasteiger partial charge in [0.15, 0.2) is 0 Å². The summed E-state index contributed by atoms with van der Waals surface area (Å²) in [5.74, 6) is 1.69. The second kappa shape index (κ2) is 6.08. The molecular weight excluding hydrogens is 242 g/mol. The summed E-state index contributed by atoms with van der Waals surface area (Å²) < 4.78 is 0. The number of hydrogen-bond donors (Lipinski definition) is 1. The molecule has 3 atom stereocenters. The van der Waals surface area contributed by atoms with Gasteiger partial charge in [-0.1, -0.05) is 37.6 Å². The van der Waals surface area contributed by atoms with Gasteiger partial charge in [0, 0.05) is 17.1 Å². The third-order valence-corrected chi connectivity index (χ3v) is 4.25. The van der Waals surface area contributed by atoms with Crippen LogP contribution in [-0.2, 0) is 0 Å². The van der Waals surface area contributed by atoms with Crippen LogP contribution in [0.15, 0.2) is 24.3 Å². The Bertz CT molecular complexity index is 380. The molecule has 1 fully saturated rings. The molecule has 2 heteroatoms. The third-order valence-electron chi connectivity index (χ3n) is 4.01. The van der Waals surface area contributed by atoms with Crippen LogP contribution in [0.2, 0.25) is 5.02 Å². The molecule has 1 saturated carbocycles. The van der Waals surface area contributed by atoms with Gasteiger partial charge in [-0.15, -0.1) is 0 Å². The molecule has 1 aromatic rings. The topological polar surface area (TPSA) is 12.0 Å². The number of benzene rings is 1. The number of hydrogen-bond acceptors (Lipinski definition) is 1. The van der Waals surface area contributed by atoms with Crippen molar-refractivity contribution in [1.29, 1.82) is 0 Å². The number of halogens is 1. The maximum atomic E-state index is 6.05. The number of nitrogens with one attached hydrogen (secondary N) is 1. The standard InChI is InChI=1S/C16H24ClN/c1-11-7-12(2)9-16(8-11)18-13(3)14-5-4-6-15(17)10-14/h4-6,10-13,16,18H,7-9H2,1-3H3/t11?,12?,13-,16?/m1/s1. The summed E-state index contributed by atoms with van der Waals surface area (Å²) in [4.78, 5) is 0. The van der Waals surface area contributed by atoms with Crippen LogP contribution >= 0.6 is 11.6 Å². The Labute approximate surface area is 116 Å². The molecule has 0 bridgehead atoms. The van der Waals surface area contributed by atoms with Gasteiger partial charge in [0.1, 0.15) is 0 Å². The average Bonchev–Trinajstić information content (AvgIpc) is 2.27. The average molecular weight is 266 g/mol. The van der Waals surface area contributed by atoms with Crippen molar-refractivity contribution in [2.45, 2.75) is 52.1 Å². The highest BCUT2D eigenvalue weighted by molar-refractivity contribution is 6.30. The molecule has 1 aliphatic rings. The van der Waals surface area contributed by atoms with E-state index in [1.165, 1.54) is 24.8 Å². The van der Waals surface area contributed by atoms with Crippen LogP contribution in [0.3, 0.4) is 0 Å². The van der Waals surface area contributed by atoms with Crippen LogP contribution in [0.1, 0.15) is 51.6 Å². The van der Waals surface area contributed by atoms with E-state index in [-0.39, 0.29) is 0 Å². The lowest BCUT2D eigenvalue weighted by Crippen LogP contribution is -2.37. The zero-order chi connectivity index (χ0) is 13.1. The van der Waals surface area contributed by atoms with Crippen molar-refractivity contribution in [3.05, 3.63) is 34.9 Å². The van der Waals surface area contributed by atoms with E-state index >= 15 is 0 Å². The Morgan fingerprint density at radius 2 is 1.83 bits per heavy atom. The van der Waals surface area contributed by atoms with E-state index in [1.54, 1.807) is 0 Å². The fourth-order valence-electron chi connectivity index (χ4n) is 3.31. The van der Waals surface area contributed by atoms with E-state index in [4.69, 9.17) is 11.6 Å². The zero-order valence-electron chi connectivity index (χ0n) is 11.6. The Morgan fingerprint density at radius 1 is 1.17 bits per heavy atom. The molecule has 100 valence electrons. The number of rotatable bonds is 3. The van der Waals surface area contributed by atoms with Crippen molar-refractivity contribution >= 4 is 11.6 Å². The van der Waals surface area contributed by atoms with Crippen LogP contribution in [0, 0.1) is 11.8 Å². The summed E-state index contributed by atoms with van der Waals surface area (Å²) in [6.45, 7) is 6.97. The predicted octanol–water partition coefficient (Wildman–Crippen LogP) is 4.82. The molecule has 2 unspecified atom stereocenters. The molecule has 0 spiro atoms. The second-order valence-corrected chi connectivity index (χ2v) is 6.49. The minimum atomic E-state index is 0.381. The molecule has 1 N–H and O–H groups in total. The largest absolute Gasteiger partial charge is 0.307 e. The fraction of sp³-hybridized carbons (Fsp3) is 0.625. The Hall–Kier alpha value is -0.530. The molecule has 0 heterocycles. The molecule has 0 amide bonds. The van der Waals surface area contributed by atoms with Crippen molar-refractivity contribution in [2.75, 3.05) is 0 Å². The van der Waals surface area contributed by atoms with Gasteiger partial charge in [-0.3, -0.25) is 0 Å². The first-order valence-corrected chi connectivity index (χ1v) is 7.44. The Kier molecular flexibility index (Phi) is 4.69. The highest BCUT2D eigenvalue weighted by Gasteiger charge is 2.24. The summed E-state index contributed by atoms with van der Waals surface area (Å²) in [6.07, 6.45) is 3.98. The van der Waals surface area contributed by atoms with Crippen LogP contribution in [0.25, 0.3) is 0 Å². The van der Waals surface area contributed by atoms with Crippen molar-refractivity contribution in [3.8, 4) is 0 Å². The predicted molar refractivity (Wildman–Crippen MR) is 79.0 cm³/mol. The molecule has 0 aromatic heterocycles. The zero-order valence-corrected chi connectivity index (χ0v) is 12.4. The third kappa shape index (κ3) is 3.73. The van der Waals surface area contributed by atoms with Crippen LogP contribution in [0.4, 0.5) is 0 Å². The van der Waals surface area contributed by atoms with E-state index in [1.807, 2.05) is 12.1 Å². The second-order valence-electron chi connectivity index (χ2n) is 6.06. The van der Waals surface area contributed by atoms with E-state index in [0.717, 1.165) is 16.9 Å². The maximum Gasteiger partial charge on any atom is 0.0409 e. The van der Waals surface area contributed by atoms with Gasteiger partial charge in [-0.25, -0.2) is 0 Å². The van der Waals surface area contributed by atoms with E-state index in [9.17, 15) is 0 Å². The summed E-state index contributed by atoms with van der Waals surface area (Å²) >= 11 is 6.05. The van der Waals surface area contributed by atoms with Crippen LogP contribution in [-0.4, -0.2) is 6.04 Å². The lowest BCUT2D eigenvalue weighted by molar-refractivity contribution is 0.228. The summed E-state index contributed by atoms with van der Waals surface area (Å²) in [5.41, 5.74) is 1.29. The summed E-state index contributed by atoms with van der Waals surface area (Å²) in [7, 11) is 0. The maximum absolute atomic E-state index is 6.05. The van der Waals surface area contributed by atoms with Crippen molar-refractivity contribution in [1.82, 2.24) is 5.32 Å². The van der Waals surface area contributed by atoms with E-state index in [0.29, 0.717) is 12.1 Å². The van der Waals surface area contributed by atoms with Gasteiger partial charge in [-0.2, -0.15) is 0 Å². The molecule has 1 nitrogen and oxygen atoms in total. The molecule has 0 radical (unpaired) electrons. The lowest BCUT2D eigenvalue weighted by Gasteiger charge is -2.34. The quantitative estimate of drug-likeness (QED) is 0.827. The van der Waals surface area contributed by atoms with Gasteiger partial charge in [0.2, 0.25) is 0 Å². The van der Waals surface area contributed by atoms with Crippen molar-refractivity contribution in [2.24, 2.45) is 11.8 Å². The minimum Gasteiger partial charge on any atom is -0.307 e. The van der Waals surface area contributed by atoms with Crippen molar-refractivity contribution in [3.63, 3.8) is 0 Å². The smallest absolute Gasteiger partial charge is 0.0409 e. The van der Waals surface area contributed by atoms with Gasteiger partial charge in [0.25, 0.3) is 0 Å². The minimum absolute atomic E-state index is 0.381. The lowest BCUT2D eigenvalue weighted by atomic mass is 9.80. The van der Waals surface area contributed by atoms with E-state index < -0.39 is 0 Å². The molecular formula is C16H24ClN. The van der Waals surface area contributed by atoms with Gasteiger partial charge >= 0.3 is 0 Å². The molecule has 0 saturated heterocycles. The first-order valence-electron chi connectivity index (χ1n) is 7.06. The molecule has 1 aromatic carbocycles. The van der Waals surface area contributed by atoms with Gasteiger partial charge in [-0.05, 0) is 55.7 Å². The summed E-state index contributed by atoms with van der Waals surface area (Å²) in [6, 6.07) is 9.21. The monoisotopic (exact) mass is 265 g/mol. The highest BCUT2D eigenvalue weighted by Crippen LogP contribution is 2.30. The molecule has 2 rings (SSSR count). The van der Waals surface area contributed by atoms with Crippen LogP contribution in [0.5, 0.6) is 0 Å². The first-order chi connectivity index (χ1) is 8.54. The highest BCUT2D eigenvalue weighted by atomic mass is 35.5. The molecule has 1 aliphatic carbocycles. The summed E-state index contributed by atoms with van der Waals surface area (Å²) in [5, 5.41) is 4.59. The van der Waals surface area contributed by atoms with Crippen molar-refractivity contribution < 1.29 is 0 Å². The first kappa shape index (κ1) is 13.9. The van der Waals surface area contributed by atoms with Crippen LogP contribution < -0.4 is 5.32 Å². The SMILES string of the molecule is CC1CC(C)CC(N[C@H](C)c2cccc(Cl)c2)C1. The molecule has 0 aliphatic heterocycles. The normalized spacial score (nSPS) is 30.1. The van der Waals surface area contributed by atoms with Gasteiger partial charge in [0.05, 0.1) is 0 Å². The van der Waals surface area contributed by atoms with Gasteiger partial charge < -0.3 is 5.32 Å². The van der Waals surface area contributed by atoms with E-state index in [2.05, 4.69) is 38.2 Å². The fourth-order valence-corrected chi connectivity index (χ4v) is 3.51.